The number of aliphatic hydroxyl groups is 1. The van der Waals surface area contributed by atoms with Crippen LogP contribution in [0.15, 0.2) is 18.2 Å². The zero-order chi connectivity index (χ0) is 10.8. The van der Waals surface area contributed by atoms with Crippen molar-refractivity contribution in [1.82, 2.24) is 0 Å². The van der Waals surface area contributed by atoms with Crippen LogP contribution in [-0.4, -0.2) is 17.3 Å². The molecule has 1 aromatic carbocycles. The summed E-state index contributed by atoms with van der Waals surface area (Å²) in [7, 11) is 0. The van der Waals surface area contributed by atoms with Crippen molar-refractivity contribution < 1.29 is 14.2 Å². The van der Waals surface area contributed by atoms with Crippen molar-refractivity contribution in [1.29, 1.82) is 0 Å². The second-order valence-corrected chi connectivity index (χ2v) is 4.12. The van der Waals surface area contributed by atoms with Gasteiger partial charge in [0.1, 0.15) is 17.7 Å². The quantitative estimate of drug-likeness (QED) is 0.812. The minimum atomic E-state index is -0.239. The van der Waals surface area contributed by atoms with Gasteiger partial charge in [-0.25, -0.2) is 4.39 Å². The van der Waals surface area contributed by atoms with Gasteiger partial charge in [0, 0.05) is 6.42 Å². The van der Waals surface area contributed by atoms with E-state index >= 15 is 0 Å². The van der Waals surface area contributed by atoms with Gasteiger partial charge in [-0.3, -0.25) is 0 Å². The fraction of sp³-hybridized carbons (Fsp3) is 0.500. The lowest BCUT2D eigenvalue weighted by Crippen LogP contribution is -2.13. The van der Waals surface area contributed by atoms with Gasteiger partial charge in [0.25, 0.3) is 0 Å². The Balaban J connectivity index is 2.02. The highest BCUT2D eigenvalue weighted by atomic mass is 19.1. The summed E-state index contributed by atoms with van der Waals surface area (Å²) >= 11 is 0. The number of ether oxygens (including phenoxy) is 1. The lowest BCUT2D eigenvalue weighted by Gasteiger charge is -2.13. The molecule has 0 aromatic heterocycles. The lowest BCUT2D eigenvalue weighted by molar-refractivity contribution is 0.149. The van der Waals surface area contributed by atoms with Crippen LogP contribution in [0.4, 0.5) is 4.39 Å². The molecule has 0 heterocycles. The molecular formula is C12H15FO2. The van der Waals surface area contributed by atoms with Crippen LogP contribution in [0.1, 0.15) is 24.8 Å². The molecule has 1 aliphatic rings. The fourth-order valence-corrected chi connectivity index (χ4v) is 1.91. The number of benzene rings is 1. The number of hydrogen-bond acceptors (Lipinski definition) is 2. The van der Waals surface area contributed by atoms with Gasteiger partial charge in [-0.05, 0) is 43.5 Å². The standard InChI is InChI=1S/C12H15FO2/c1-8-6-10(4-5-12(8)13)15-11-3-2-9(14)7-11/h4-6,9,11,14H,2-3,7H2,1H3. The fourth-order valence-electron chi connectivity index (χ4n) is 1.91. The summed E-state index contributed by atoms with van der Waals surface area (Å²) < 4.78 is 18.6. The van der Waals surface area contributed by atoms with E-state index in [4.69, 9.17) is 4.74 Å². The predicted molar refractivity (Wildman–Crippen MR) is 55.4 cm³/mol. The first-order valence-electron chi connectivity index (χ1n) is 5.26. The number of halogens is 1. The first-order chi connectivity index (χ1) is 7.15. The molecule has 2 rings (SSSR count). The second-order valence-electron chi connectivity index (χ2n) is 4.12. The van der Waals surface area contributed by atoms with E-state index in [0.717, 1.165) is 12.8 Å². The summed E-state index contributed by atoms with van der Waals surface area (Å²) in [5.41, 5.74) is 0.589. The Morgan fingerprint density at radius 2 is 2.20 bits per heavy atom. The molecule has 1 fully saturated rings. The van der Waals surface area contributed by atoms with Crippen molar-refractivity contribution >= 4 is 0 Å². The SMILES string of the molecule is Cc1cc(OC2CCC(O)C2)ccc1F. The summed E-state index contributed by atoms with van der Waals surface area (Å²) in [5.74, 6) is 0.474. The van der Waals surface area contributed by atoms with Crippen LogP contribution in [0.2, 0.25) is 0 Å². The van der Waals surface area contributed by atoms with Gasteiger partial charge in [-0.2, -0.15) is 0 Å². The first-order valence-corrected chi connectivity index (χ1v) is 5.26. The van der Waals surface area contributed by atoms with Crippen LogP contribution in [0.5, 0.6) is 5.75 Å². The van der Waals surface area contributed by atoms with Gasteiger partial charge in [-0.1, -0.05) is 0 Å². The van der Waals surface area contributed by atoms with Crippen molar-refractivity contribution in [2.75, 3.05) is 0 Å². The maximum Gasteiger partial charge on any atom is 0.126 e. The number of aliphatic hydroxyl groups excluding tert-OH is 1. The summed E-state index contributed by atoms with van der Waals surface area (Å²) in [6, 6.07) is 4.74. The monoisotopic (exact) mass is 210 g/mol. The molecule has 15 heavy (non-hydrogen) atoms. The molecule has 0 radical (unpaired) electrons. The molecule has 1 aliphatic carbocycles. The van der Waals surface area contributed by atoms with Gasteiger partial charge in [0.05, 0.1) is 6.10 Å². The third-order valence-electron chi connectivity index (χ3n) is 2.79. The molecule has 2 atom stereocenters. The van der Waals surface area contributed by atoms with Crippen molar-refractivity contribution in [3.8, 4) is 5.75 Å². The summed E-state index contributed by atoms with van der Waals surface area (Å²) in [6.45, 7) is 1.71. The highest BCUT2D eigenvalue weighted by molar-refractivity contribution is 5.29. The van der Waals surface area contributed by atoms with Crippen LogP contribution < -0.4 is 4.74 Å². The molecule has 2 nitrogen and oxygen atoms in total. The maximum atomic E-state index is 13.0. The van der Waals surface area contributed by atoms with Crippen molar-refractivity contribution in [3.05, 3.63) is 29.6 Å². The normalized spacial score (nSPS) is 25.5. The van der Waals surface area contributed by atoms with E-state index in [1.54, 1.807) is 19.1 Å². The number of hydrogen-bond donors (Lipinski definition) is 1. The Morgan fingerprint density at radius 1 is 1.40 bits per heavy atom. The molecule has 1 N–H and O–H groups in total. The maximum absolute atomic E-state index is 13.0. The van der Waals surface area contributed by atoms with Crippen molar-refractivity contribution in [2.45, 2.75) is 38.4 Å². The topological polar surface area (TPSA) is 29.5 Å². The molecule has 0 spiro atoms. The van der Waals surface area contributed by atoms with Gasteiger partial charge < -0.3 is 9.84 Å². The van der Waals surface area contributed by atoms with Crippen LogP contribution in [0, 0.1) is 12.7 Å². The lowest BCUT2D eigenvalue weighted by atomic mass is 10.2. The van der Waals surface area contributed by atoms with Gasteiger partial charge in [-0.15, -0.1) is 0 Å². The van der Waals surface area contributed by atoms with E-state index < -0.39 is 0 Å². The molecular weight excluding hydrogens is 195 g/mol. The Labute approximate surface area is 88.7 Å². The first kappa shape index (κ1) is 10.4. The zero-order valence-corrected chi connectivity index (χ0v) is 8.74. The predicted octanol–water partition coefficient (Wildman–Crippen LogP) is 2.43. The molecule has 0 bridgehead atoms. The molecule has 1 aromatic rings. The van der Waals surface area contributed by atoms with Crippen LogP contribution in [0.3, 0.4) is 0 Å². The Bertz CT molecular complexity index is 351. The van der Waals surface area contributed by atoms with E-state index in [-0.39, 0.29) is 18.0 Å². The molecule has 0 saturated heterocycles. The summed E-state index contributed by atoms with van der Waals surface area (Å²) in [5, 5.41) is 9.34. The minimum Gasteiger partial charge on any atom is -0.490 e. The van der Waals surface area contributed by atoms with Crippen molar-refractivity contribution in [3.63, 3.8) is 0 Å². The largest absolute Gasteiger partial charge is 0.490 e. The number of aryl methyl sites for hydroxylation is 1. The van der Waals surface area contributed by atoms with Gasteiger partial charge in [0.15, 0.2) is 0 Å². The molecule has 0 aliphatic heterocycles. The van der Waals surface area contributed by atoms with E-state index in [2.05, 4.69) is 0 Å². The summed E-state index contributed by atoms with van der Waals surface area (Å²) in [4.78, 5) is 0. The second kappa shape index (κ2) is 4.19. The number of rotatable bonds is 2. The van der Waals surface area contributed by atoms with E-state index in [0.29, 0.717) is 17.7 Å². The average molecular weight is 210 g/mol. The third kappa shape index (κ3) is 2.48. The van der Waals surface area contributed by atoms with Crippen LogP contribution in [0.25, 0.3) is 0 Å². The third-order valence-corrected chi connectivity index (χ3v) is 2.79. The van der Waals surface area contributed by atoms with Gasteiger partial charge in [0.2, 0.25) is 0 Å². The Hall–Kier alpha value is -1.09. The molecule has 1 saturated carbocycles. The highest BCUT2D eigenvalue weighted by Crippen LogP contribution is 2.25. The molecule has 82 valence electrons. The molecule has 2 unspecified atom stereocenters. The minimum absolute atomic E-state index is 0.0739. The van der Waals surface area contributed by atoms with Crippen LogP contribution >= 0.6 is 0 Å². The molecule has 0 amide bonds. The zero-order valence-electron chi connectivity index (χ0n) is 8.74. The van der Waals surface area contributed by atoms with E-state index in [1.165, 1.54) is 6.07 Å². The summed E-state index contributed by atoms with van der Waals surface area (Å²) in [6.07, 6.45) is 2.18. The van der Waals surface area contributed by atoms with Crippen LogP contribution in [-0.2, 0) is 0 Å². The highest BCUT2D eigenvalue weighted by Gasteiger charge is 2.24. The average Bonchev–Trinajstić information content (AvgIpc) is 2.58. The van der Waals surface area contributed by atoms with E-state index in [9.17, 15) is 9.50 Å². The van der Waals surface area contributed by atoms with Gasteiger partial charge >= 0.3 is 0 Å². The Kier molecular flexibility index (Phi) is 2.91. The van der Waals surface area contributed by atoms with E-state index in [1.807, 2.05) is 0 Å². The van der Waals surface area contributed by atoms with Crippen molar-refractivity contribution in [2.24, 2.45) is 0 Å². The molecule has 3 heteroatoms. The smallest absolute Gasteiger partial charge is 0.126 e. The Morgan fingerprint density at radius 3 is 2.80 bits per heavy atom.